The van der Waals surface area contributed by atoms with Crippen LogP contribution in [0.25, 0.3) is 10.2 Å². The van der Waals surface area contributed by atoms with E-state index < -0.39 is 0 Å². The predicted molar refractivity (Wildman–Crippen MR) is 97.7 cm³/mol. The summed E-state index contributed by atoms with van der Waals surface area (Å²) in [6.07, 6.45) is 1.06. The minimum absolute atomic E-state index is 0.175. The molecule has 0 saturated carbocycles. The number of para-hydroxylation sites is 1. The van der Waals surface area contributed by atoms with Crippen molar-refractivity contribution in [2.45, 2.75) is 26.2 Å². The highest BCUT2D eigenvalue weighted by Crippen LogP contribution is 2.32. The minimum Gasteiger partial charge on any atom is -0.298 e. The average molecular weight is 345 g/mol. The number of carbonyl (C=O) groups excluding carboxylic acids is 1. The van der Waals surface area contributed by atoms with Gasteiger partial charge in [-0.1, -0.05) is 48.9 Å². The first-order valence-corrected chi connectivity index (χ1v) is 8.74. The summed E-state index contributed by atoms with van der Waals surface area (Å²) in [4.78, 5) is 16.9. The van der Waals surface area contributed by atoms with E-state index in [-0.39, 0.29) is 5.91 Å². The van der Waals surface area contributed by atoms with Crippen molar-refractivity contribution in [3.8, 4) is 0 Å². The second-order valence-corrected chi connectivity index (χ2v) is 6.95. The molecule has 1 N–H and O–H groups in total. The molecule has 3 nitrogen and oxygen atoms in total. The van der Waals surface area contributed by atoms with E-state index in [1.165, 1.54) is 16.9 Å². The molecule has 0 radical (unpaired) electrons. The highest BCUT2D eigenvalue weighted by atomic mass is 35.5. The van der Waals surface area contributed by atoms with Crippen LogP contribution in [0.2, 0.25) is 5.02 Å². The molecule has 0 fully saturated rings. The largest absolute Gasteiger partial charge is 0.298 e. The molecule has 3 rings (SSSR count). The van der Waals surface area contributed by atoms with Gasteiger partial charge in [-0.2, -0.15) is 0 Å². The van der Waals surface area contributed by atoms with Crippen LogP contribution >= 0.6 is 22.9 Å². The van der Waals surface area contributed by atoms with Crippen LogP contribution < -0.4 is 5.32 Å². The van der Waals surface area contributed by atoms with Crippen LogP contribution in [0.4, 0.5) is 5.13 Å². The Hall–Kier alpha value is -1.91. The Balaban J connectivity index is 1.89. The molecular weight excluding hydrogens is 328 g/mol. The van der Waals surface area contributed by atoms with Gasteiger partial charge in [0.1, 0.15) is 0 Å². The summed E-state index contributed by atoms with van der Waals surface area (Å²) in [7, 11) is 0. The number of nitrogens with one attached hydrogen (secondary N) is 1. The standard InChI is InChI=1S/C18H17ClN2OS/c1-3-11(2)14-5-4-6-15-16(14)20-18(23-15)21-17(22)12-7-9-13(19)10-8-12/h4-11H,3H2,1-2H3,(H,20,21,22). The second-order valence-electron chi connectivity index (χ2n) is 5.48. The lowest BCUT2D eigenvalue weighted by Gasteiger charge is -2.08. The van der Waals surface area contributed by atoms with Crippen molar-refractivity contribution in [3.63, 3.8) is 0 Å². The number of amides is 1. The van der Waals surface area contributed by atoms with Gasteiger partial charge in [-0.3, -0.25) is 10.1 Å². The van der Waals surface area contributed by atoms with Gasteiger partial charge in [-0.25, -0.2) is 4.98 Å². The second kappa shape index (κ2) is 6.69. The number of hydrogen-bond donors (Lipinski definition) is 1. The van der Waals surface area contributed by atoms with Crippen LogP contribution in [0, 0.1) is 0 Å². The quantitative estimate of drug-likeness (QED) is 0.658. The number of thiazole rings is 1. The molecule has 3 aromatic rings. The molecule has 118 valence electrons. The fraction of sp³-hybridized carbons (Fsp3) is 0.222. The van der Waals surface area contributed by atoms with Crippen LogP contribution in [0.1, 0.15) is 42.1 Å². The molecule has 1 unspecified atom stereocenters. The van der Waals surface area contributed by atoms with E-state index in [4.69, 9.17) is 11.6 Å². The Morgan fingerprint density at radius 2 is 2.00 bits per heavy atom. The summed E-state index contributed by atoms with van der Waals surface area (Å²) in [5.41, 5.74) is 2.78. The summed E-state index contributed by atoms with van der Waals surface area (Å²) in [5.74, 6) is 0.270. The van der Waals surface area contributed by atoms with E-state index in [2.05, 4.69) is 30.2 Å². The van der Waals surface area contributed by atoms with E-state index in [1.54, 1.807) is 24.3 Å². The smallest absolute Gasteiger partial charge is 0.257 e. The first-order valence-electron chi connectivity index (χ1n) is 7.55. The van der Waals surface area contributed by atoms with E-state index in [0.29, 0.717) is 21.6 Å². The van der Waals surface area contributed by atoms with E-state index >= 15 is 0 Å². The van der Waals surface area contributed by atoms with Crippen LogP contribution in [-0.4, -0.2) is 10.9 Å². The lowest BCUT2D eigenvalue weighted by Crippen LogP contribution is -2.11. The van der Waals surface area contributed by atoms with Crippen molar-refractivity contribution in [1.29, 1.82) is 0 Å². The molecule has 0 saturated heterocycles. The van der Waals surface area contributed by atoms with E-state index in [0.717, 1.165) is 16.6 Å². The Kier molecular flexibility index (Phi) is 4.64. The van der Waals surface area contributed by atoms with Crippen LogP contribution in [-0.2, 0) is 0 Å². The molecule has 1 heterocycles. The lowest BCUT2D eigenvalue weighted by molar-refractivity contribution is 0.102. The minimum atomic E-state index is -0.175. The number of hydrogen-bond acceptors (Lipinski definition) is 3. The molecule has 2 aromatic carbocycles. The predicted octanol–water partition coefficient (Wildman–Crippen LogP) is 5.72. The van der Waals surface area contributed by atoms with Gasteiger partial charge < -0.3 is 0 Å². The Morgan fingerprint density at radius 3 is 2.70 bits per heavy atom. The van der Waals surface area contributed by atoms with Crippen molar-refractivity contribution in [3.05, 3.63) is 58.6 Å². The van der Waals surface area contributed by atoms with Gasteiger partial charge in [0, 0.05) is 10.6 Å². The first-order chi connectivity index (χ1) is 11.1. The van der Waals surface area contributed by atoms with Crippen LogP contribution in [0.15, 0.2) is 42.5 Å². The summed E-state index contributed by atoms with van der Waals surface area (Å²) in [5, 5.41) is 4.11. The number of nitrogens with zero attached hydrogens (tertiary/aromatic N) is 1. The SMILES string of the molecule is CCC(C)c1cccc2sc(NC(=O)c3ccc(Cl)cc3)nc12. The Bertz CT molecular complexity index is 842. The summed E-state index contributed by atoms with van der Waals surface area (Å²) in [6.45, 7) is 4.36. The fourth-order valence-electron chi connectivity index (χ4n) is 2.41. The van der Waals surface area contributed by atoms with Gasteiger partial charge in [0.15, 0.2) is 5.13 Å². The molecule has 0 aliphatic carbocycles. The summed E-state index contributed by atoms with van der Waals surface area (Å²) < 4.78 is 1.09. The molecule has 0 bridgehead atoms. The Morgan fingerprint density at radius 1 is 1.26 bits per heavy atom. The molecule has 0 aliphatic rings. The fourth-order valence-corrected chi connectivity index (χ4v) is 3.43. The zero-order valence-electron chi connectivity index (χ0n) is 13.0. The lowest BCUT2D eigenvalue weighted by atomic mass is 9.98. The highest BCUT2D eigenvalue weighted by molar-refractivity contribution is 7.22. The number of aromatic nitrogens is 1. The number of carbonyl (C=O) groups is 1. The zero-order valence-corrected chi connectivity index (χ0v) is 14.5. The molecule has 5 heteroatoms. The number of rotatable bonds is 4. The molecular formula is C18H17ClN2OS. The first kappa shape index (κ1) is 16.0. The third kappa shape index (κ3) is 3.38. The van der Waals surface area contributed by atoms with Crippen molar-refractivity contribution < 1.29 is 4.79 Å². The van der Waals surface area contributed by atoms with E-state index in [1.807, 2.05) is 12.1 Å². The van der Waals surface area contributed by atoms with Gasteiger partial charge >= 0.3 is 0 Å². The van der Waals surface area contributed by atoms with Gasteiger partial charge in [0.05, 0.1) is 10.2 Å². The third-order valence-corrected chi connectivity index (χ3v) is 5.11. The van der Waals surface area contributed by atoms with Gasteiger partial charge in [0.2, 0.25) is 0 Å². The van der Waals surface area contributed by atoms with Crippen molar-refractivity contribution in [2.24, 2.45) is 0 Å². The van der Waals surface area contributed by atoms with Gasteiger partial charge in [-0.15, -0.1) is 0 Å². The average Bonchev–Trinajstić information content (AvgIpc) is 2.96. The number of fused-ring (bicyclic) bond motifs is 1. The summed E-state index contributed by atoms with van der Waals surface area (Å²) in [6, 6.07) is 13.0. The van der Waals surface area contributed by atoms with Gasteiger partial charge in [-0.05, 0) is 48.2 Å². The monoisotopic (exact) mass is 344 g/mol. The van der Waals surface area contributed by atoms with E-state index in [9.17, 15) is 4.79 Å². The zero-order chi connectivity index (χ0) is 16.4. The van der Waals surface area contributed by atoms with Crippen molar-refractivity contribution in [2.75, 3.05) is 5.32 Å². The molecule has 23 heavy (non-hydrogen) atoms. The maximum Gasteiger partial charge on any atom is 0.257 e. The normalized spacial score (nSPS) is 12.3. The topological polar surface area (TPSA) is 42.0 Å². The molecule has 1 atom stereocenters. The maximum absolute atomic E-state index is 12.3. The molecule has 0 spiro atoms. The van der Waals surface area contributed by atoms with Crippen LogP contribution in [0.5, 0.6) is 0 Å². The molecule has 0 aliphatic heterocycles. The molecule has 1 amide bonds. The maximum atomic E-state index is 12.3. The number of benzene rings is 2. The van der Waals surface area contributed by atoms with Crippen molar-refractivity contribution in [1.82, 2.24) is 4.98 Å². The van der Waals surface area contributed by atoms with Crippen LogP contribution in [0.3, 0.4) is 0 Å². The Labute approximate surface area is 144 Å². The summed E-state index contributed by atoms with van der Waals surface area (Å²) >= 11 is 7.35. The third-order valence-electron chi connectivity index (χ3n) is 3.92. The van der Waals surface area contributed by atoms with Gasteiger partial charge in [0.25, 0.3) is 5.91 Å². The molecule has 1 aromatic heterocycles. The highest BCUT2D eigenvalue weighted by Gasteiger charge is 2.14. The number of halogens is 1. The number of anilines is 1. The van der Waals surface area contributed by atoms with Crippen molar-refractivity contribution >= 4 is 44.2 Å².